The zero-order valence-electron chi connectivity index (χ0n) is 17.6. The maximum atomic E-state index is 13.6. The molecule has 0 saturated carbocycles. The molecular formula is C28H15ClF2N2O. The number of halogens is 3. The van der Waals surface area contributed by atoms with Crippen molar-refractivity contribution in [3.63, 3.8) is 0 Å². The van der Waals surface area contributed by atoms with Gasteiger partial charge in [-0.3, -0.25) is 9.80 Å². The van der Waals surface area contributed by atoms with Crippen LogP contribution in [-0.2, 0) is 4.79 Å². The normalized spacial score (nSPS) is 16.2. The number of Topliss-reactive ketones (excluding diaryl/α,β-unsaturated/α-hetero) is 1. The molecule has 6 heteroatoms. The SMILES string of the molecule is O=C(C#CC#CC#CCl)[C@@H]1[C@@H](c2ccccc2)C(c2ccc(F)cc2)=NN1c1ccc(F)cc1. The number of anilines is 1. The standard InChI is InChI=1S/C28H15ClF2N2O/c29-19-7-2-1-6-10-25(34)28-26(20-8-4-3-5-9-20)27(21-11-13-22(30)14-12-21)32-33(28)24-17-15-23(31)16-18-24/h3-5,8-9,11-18,26,28H/t26-,28+/m0/s1. The highest BCUT2D eigenvalue weighted by Crippen LogP contribution is 2.37. The van der Waals surface area contributed by atoms with Crippen LogP contribution in [0.2, 0.25) is 0 Å². The van der Waals surface area contributed by atoms with Crippen LogP contribution in [-0.4, -0.2) is 17.5 Å². The van der Waals surface area contributed by atoms with E-state index < -0.39 is 23.6 Å². The Morgan fingerprint density at radius 1 is 0.824 bits per heavy atom. The van der Waals surface area contributed by atoms with Gasteiger partial charge in [-0.2, -0.15) is 5.10 Å². The summed E-state index contributed by atoms with van der Waals surface area (Å²) in [4.78, 5) is 13.4. The molecule has 1 heterocycles. The first-order chi connectivity index (χ1) is 16.6. The largest absolute Gasteiger partial charge is 0.282 e. The van der Waals surface area contributed by atoms with Crippen LogP contribution in [0.1, 0.15) is 17.0 Å². The molecule has 0 N–H and O–H groups in total. The van der Waals surface area contributed by atoms with Crippen molar-refractivity contribution in [3.8, 4) is 35.0 Å². The first-order valence-electron chi connectivity index (χ1n) is 10.2. The molecule has 0 bridgehead atoms. The smallest absolute Gasteiger partial charge is 0.232 e. The third-order valence-electron chi connectivity index (χ3n) is 5.17. The summed E-state index contributed by atoms with van der Waals surface area (Å²) in [6.07, 6.45) is 0. The Kier molecular flexibility index (Phi) is 7.04. The van der Waals surface area contributed by atoms with Crippen LogP contribution in [0.15, 0.2) is 84.0 Å². The second-order valence-electron chi connectivity index (χ2n) is 7.23. The van der Waals surface area contributed by atoms with E-state index in [0.29, 0.717) is 17.0 Å². The quantitative estimate of drug-likeness (QED) is 0.393. The highest BCUT2D eigenvalue weighted by Gasteiger charge is 2.43. The van der Waals surface area contributed by atoms with Crippen molar-refractivity contribution in [2.45, 2.75) is 12.0 Å². The van der Waals surface area contributed by atoms with Gasteiger partial charge in [0, 0.05) is 17.2 Å². The van der Waals surface area contributed by atoms with Crippen LogP contribution in [0.3, 0.4) is 0 Å². The number of carbonyl (C=O) groups is 1. The highest BCUT2D eigenvalue weighted by molar-refractivity contribution is 6.30. The lowest BCUT2D eigenvalue weighted by molar-refractivity contribution is -0.115. The molecule has 1 aliphatic rings. The van der Waals surface area contributed by atoms with Crippen molar-refractivity contribution < 1.29 is 13.6 Å². The minimum atomic E-state index is -0.860. The molecule has 0 amide bonds. The number of hydrogen-bond donors (Lipinski definition) is 0. The third-order valence-corrected chi connectivity index (χ3v) is 5.26. The third kappa shape index (κ3) is 5.00. The number of ketones is 1. The molecule has 0 radical (unpaired) electrons. The lowest BCUT2D eigenvalue weighted by Gasteiger charge is -2.25. The highest BCUT2D eigenvalue weighted by atomic mass is 35.5. The summed E-state index contributed by atoms with van der Waals surface area (Å²) in [7, 11) is 0. The second kappa shape index (κ2) is 10.5. The molecule has 0 fully saturated rings. The van der Waals surface area contributed by atoms with Crippen LogP contribution in [0.4, 0.5) is 14.5 Å². The van der Waals surface area contributed by atoms with E-state index in [-0.39, 0.29) is 5.82 Å². The summed E-state index contributed by atoms with van der Waals surface area (Å²) in [5, 5.41) is 8.39. The van der Waals surface area contributed by atoms with Crippen molar-refractivity contribution >= 4 is 28.8 Å². The van der Waals surface area contributed by atoms with Crippen LogP contribution in [0.25, 0.3) is 0 Å². The summed E-state index contributed by atoms with van der Waals surface area (Å²) in [5.74, 6) is 10.5. The second-order valence-corrected chi connectivity index (χ2v) is 7.42. The molecule has 0 spiro atoms. The Balaban J connectivity index is 1.86. The predicted molar refractivity (Wildman–Crippen MR) is 129 cm³/mol. The van der Waals surface area contributed by atoms with Gasteiger partial charge in [0.2, 0.25) is 5.78 Å². The topological polar surface area (TPSA) is 32.7 Å². The van der Waals surface area contributed by atoms with Crippen LogP contribution < -0.4 is 5.01 Å². The van der Waals surface area contributed by atoms with Crippen molar-refractivity contribution in [1.29, 1.82) is 0 Å². The maximum absolute atomic E-state index is 13.6. The number of hydrogen-bond acceptors (Lipinski definition) is 3. The molecule has 2 atom stereocenters. The number of carbonyl (C=O) groups excluding carboxylic acids is 1. The summed E-state index contributed by atoms with van der Waals surface area (Å²) in [5.41, 5.74) is 2.56. The van der Waals surface area contributed by atoms with Crippen molar-refractivity contribution in [2.75, 3.05) is 5.01 Å². The average Bonchev–Trinajstić information content (AvgIpc) is 3.26. The van der Waals surface area contributed by atoms with Gasteiger partial charge in [-0.1, -0.05) is 42.5 Å². The molecule has 3 aromatic carbocycles. The van der Waals surface area contributed by atoms with Crippen molar-refractivity contribution in [1.82, 2.24) is 0 Å². The molecule has 0 aromatic heterocycles. The van der Waals surface area contributed by atoms with Gasteiger partial charge in [0.05, 0.1) is 17.3 Å². The summed E-state index contributed by atoms with van der Waals surface area (Å²) in [6.45, 7) is 0. The van der Waals surface area contributed by atoms with Gasteiger partial charge in [0.25, 0.3) is 0 Å². The van der Waals surface area contributed by atoms with Crippen LogP contribution in [0.5, 0.6) is 0 Å². The first-order valence-corrected chi connectivity index (χ1v) is 10.6. The fraction of sp³-hybridized carbons (Fsp3) is 0.0714. The fourth-order valence-corrected chi connectivity index (χ4v) is 3.76. The van der Waals surface area contributed by atoms with E-state index in [1.165, 1.54) is 41.4 Å². The van der Waals surface area contributed by atoms with E-state index in [2.05, 4.69) is 35.0 Å². The minimum Gasteiger partial charge on any atom is -0.282 e. The Morgan fingerprint density at radius 2 is 1.44 bits per heavy atom. The van der Waals surface area contributed by atoms with E-state index in [1.54, 1.807) is 12.1 Å². The number of benzene rings is 3. The Labute approximate surface area is 201 Å². The Hall–Kier alpha value is -4.37. The van der Waals surface area contributed by atoms with E-state index in [9.17, 15) is 13.6 Å². The molecule has 164 valence electrons. The summed E-state index contributed by atoms with van der Waals surface area (Å²) >= 11 is 5.26. The molecule has 3 aromatic rings. The van der Waals surface area contributed by atoms with Gasteiger partial charge in [-0.15, -0.1) is 0 Å². The molecule has 4 rings (SSSR count). The van der Waals surface area contributed by atoms with Gasteiger partial charge in [-0.05, 0) is 76.9 Å². The molecular weight excluding hydrogens is 454 g/mol. The van der Waals surface area contributed by atoms with Crippen LogP contribution >= 0.6 is 11.6 Å². The predicted octanol–water partition coefficient (Wildman–Crippen LogP) is 5.12. The number of hydrazone groups is 1. The number of nitrogens with zero attached hydrogens (tertiary/aromatic N) is 2. The zero-order chi connectivity index (χ0) is 23.9. The van der Waals surface area contributed by atoms with Gasteiger partial charge in [-0.25, -0.2) is 8.78 Å². The molecule has 1 aliphatic heterocycles. The molecule has 0 unspecified atom stereocenters. The molecule has 0 saturated heterocycles. The van der Waals surface area contributed by atoms with E-state index in [4.69, 9.17) is 16.7 Å². The molecule has 3 nitrogen and oxygen atoms in total. The average molecular weight is 469 g/mol. The van der Waals surface area contributed by atoms with E-state index >= 15 is 0 Å². The van der Waals surface area contributed by atoms with Crippen molar-refractivity contribution in [2.24, 2.45) is 5.10 Å². The monoisotopic (exact) mass is 468 g/mol. The van der Waals surface area contributed by atoms with Gasteiger partial charge in [0.15, 0.2) is 0 Å². The summed E-state index contributed by atoms with van der Waals surface area (Å²) < 4.78 is 27.2. The molecule has 34 heavy (non-hydrogen) atoms. The summed E-state index contributed by atoms with van der Waals surface area (Å²) in [6, 6.07) is 20.1. The fourth-order valence-electron chi connectivity index (χ4n) is 3.72. The van der Waals surface area contributed by atoms with Crippen molar-refractivity contribution in [3.05, 3.63) is 102 Å². The number of rotatable bonds is 4. The van der Waals surface area contributed by atoms with E-state index in [1.807, 2.05) is 30.3 Å². The maximum Gasteiger partial charge on any atom is 0.232 e. The lowest BCUT2D eigenvalue weighted by atomic mass is 9.83. The lowest BCUT2D eigenvalue weighted by Crippen LogP contribution is -2.39. The van der Waals surface area contributed by atoms with Crippen LogP contribution in [0, 0.1) is 46.6 Å². The van der Waals surface area contributed by atoms with Gasteiger partial charge < -0.3 is 0 Å². The first kappa shape index (κ1) is 22.8. The van der Waals surface area contributed by atoms with Gasteiger partial charge >= 0.3 is 0 Å². The van der Waals surface area contributed by atoms with E-state index in [0.717, 1.165) is 5.56 Å². The molecule has 0 aliphatic carbocycles. The Morgan fingerprint density at radius 3 is 2.09 bits per heavy atom. The van der Waals surface area contributed by atoms with Gasteiger partial charge in [0.1, 0.15) is 17.7 Å². The Bertz CT molecular complexity index is 1420. The zero-order valence-corrected chi connectivity index (χ0v) is 18.4. The minimum absolute atomic E-state index is 0.383.